The molecule has 0 N–H and O–H groups in total. The van der Waals surface area contributed by atoms with Crippen molar-refractivity contribution in [3.63, 3.8) is 0 Å². The first-order chi connectivity index (χ1) is 11.9. The second-order valence-electron chi connectivity index (χ2n) is 5.90. The molecule has 25 heavy (non-hydrogen) atoms. The molecule has 2 rings (SSSR count). The molecule has 5 heteroatoms. The van der Waals surface area contributed by atoms with Crippen LogP contribution in [0.3, 0.4) is 0 Å². The van der Waals surface area contributed by atoms with E-state index in [0.717, 1.165) is 11.1 Å². The predicted molar refractivity (Wildman–Crippen MR) is 94.6 cm³/mol. The van der Waals surface area contributed by atoms with Crippen molar-refractivity contribution in [2.24, 2.45) is 0 Å². The quantitative estimate of drug-likeness (QED) is 0.746. The fourth-order valence-corrected chi connectivity index (χ4v) is 2.36. The van der Waals surface area contributed by atoms with Crippen LogP contribution in [-0.2, 0) is 14.3 Å². The summed E-state index contributed by atoms with van der Waals surface area (Å²) in [5, 5.41) is 0. The standard InChI is InChI=1S/C20H22O5/c1-5-24-18(21)15-12-10-14(11-13-15)16-8-6-7-9-17(16)25-20(2,3)19(22)23-4/h6-13H,5H2,1-4H3. The average Bonchev–Trinajstić information content (AvgIpc) is 2.61. The highest BCUT2D eigenvalue weighted by molar-refractivity contribution is 5.90. The Balaban J connectivity index is 2.32. The molecule has 0 aliphatic carbocycles. The van der Waals surface area contributed by atoms with E-state index in [1.165, 1.54) is 7.11 Å². The highest BCUT2D eigenvalue weighted by Crippen LogP contribution is 2.32. The predicted octanol–water partition coefficient (Wildman–Crippen LogP) is 3.86. The lowest BCUT2D eigenvalue weighted by atomic mass is 10.0. The van der Waals surface area contributed by atoms with Gasteiger partial charge in [-0.3, -0.25) is 0 Å². The van der Waals surface area contributed by atoms with Crippen LogP contribution >= 0.6 is 0 Å². The summed E-state index contributed by atoms with van der Waals surface area (Å²) in [7, 11) is 1.33. The maximum absolute atomic E-state index is 11.9. The summed E-state index contributed by atoms with van der Waals surface area (Å²) in [6.45, 7) is 5.40. The topological polar surface area (TPSA) is 61.8 Å². The lowest BCUT2D eigenvalue weighted by Gasteiger charge is -2.25. The van der Waals surface area contributed by atoms with Crippen molar-refractivity contribution < 1.29 is 23.8 Å². The summed E-state index contributed by atoms with van der Waals surface area (Å²) in [5.74, 6) is -0.257. The molecule has 0 fully saturated rings. The normalized spacial score (nSPS) is 10.9. The zero-order valence-electron chi connectivity index (χ0n) is 14.9. The molecular weight excluding hydrogens is 320 g/mol. The Bertz CT molecular complexity index is 747. The number of para-hydroxylation sites is 1. The molecule has 0 saturated carbocycles. The Morgan fingerprint density at radius 2 is 1.64 bits per heavy atom. The number of carbonyl (C=O) groups is 2. The van der Waals surface area contributed by atoms with Crippen molar-refractivity contribution in [1.82, 2.24) is 0 Å². The number of methoxy groups -OCH3 is 1. The van der Waals surface area contributed by atoms with Crippen molar-refractivity contribution in [3.05, 3.63) is 54.1 Å². The third-order valence-corrected chi connectivity index (χ3v) is 3.64. The molecule has 2 aromatic rings. The molecule has 132 valence electrons. The zero-order valence-corrected chi connectivity index (χ0v) is 14.9. The van der Waals surface area contributed by atoms with Gasteiger partial charge in [-0.2, -0.15) is 0 Å². The van der Waals surface area contributed by atoms with Gasteiger partial charge >= 0.3 is 11.9 Å². The van der Waals surface area contributed by atoms with Gasteiger partial charge in [-0.15, -0.1) is 0 Å². The Labute approximate surface area is 147 Å². The second kappa shape index (κ2) is 7.83. The molecule has 0 spiro atoms. The molecule has 0 aromatic heterocycles. The van der Waals surface area contributed by atoms with Gasteiger partial charge in [0.05, 0.1) is 19.3 Å². The van der Waals surface area contributed by atoms with Gasteiger partial charge in [-0.25, -0.2) is 9.59 Å². The summed E-state index contributed by atoms with van der Waals surface area (Å²) in [6, 6.07) is 14.4. The second-order valence-corrected chi connectivity index (χ2v) is 5.90. The third kappa shape index (κ3) is 4.38. The van der Waals surface area contributed by atoms with Crippen LogP contribution in [0.4, 0.5) is 0 Å². The van der Waals surface area contributed by atoms with Gasteiger partial charge in [0, 0.05) is 5.56 Å². The summed E-state index contributed by atoms with van der Waals surface area (Å²) in [5.41, 5.74) is 1.05. The number of hydrogen-bond acceptors (Lipinski definition) is 5. The minimum Gasteiger partial charge on any atom is -0.476 e. The summed E-state index contributed by atoms with van der Waals surface area (Å²) >= 11 is 0. The molecular formula is C20H22O5. The monoisotopic (exact) mass is 342 g/mol. The van der Waals surface area contributed by atoms with E-state index in [1.807, 2.05) is 30.3 Å². The largest absolute Gasteiger partial charge is 0.476 e. The van der Waals surface area contributed by atoms with Crippen LogP contribution in [0.2, 0.25) is 0 Å². The first kappa shape index (κ1) is 18.5. The van der Waals surface area contributed by atoms with Gasteiger partial charge in [0.1, 0.15) is 5.75 Å². The maximum Gasteiger partial charge on any atom is 0.349 e. The highest BCUT2D eigenvalue weighted by atomic mass is 16.6. The number of hydrogen-bond donors (Lipinski definition) is 0. The van der Waals surface area contributed by atoms with Crippen molar-refractivity contribution >= 4 is 11.9 Å². The van der Waals surface area contributed by atoms with Crippen LogP contribution in [0.25, 0.3) is 11.1 Å². The van der Waals surface area contributed by atoms with Gasteiger partial charge < -0.3 is 14.2 Å². The molecule has 0 aliphatic rings. The van der Waals surface area contributed by atoms with Crippen LogP contribution in [0, 0.1) is 0 Å². The van der Waals surface area contributed by atoms with E-state index in [-0.39, 0.29) is 5.97 Å². The molecule has 0 aliphatic heterocycles. The molecule has 2 aromatic carbocycles. The Kier molecular flexibility index (Phi) is 5.80. The summed E-state index contributed by atoms with van der Waals surface area (Å²) in [6.07, 6.45) is 0. The van der Waals surface area contributed by atoms with E-state index in [0.29, 0.717) is 17.9 Å². The number of benzene rings is 2. The van der Waals surface area contributed by atoms with Gasteiger partial charge in [-0.05, 0) is 44.5 Å². The van der Waals surface area contributed by atoms with E-state index in [2.05, 4.69) is 0 Å². The smallest absolute Gasteiger partial charge is 0.349 e. The molecule has 0 radical (unpaired) electrons. The van der Waals surface area contributed by atoms with E-state index in [9.17, 15) is 9.59 Å². The van der Waals surface area contributed by atoms with E-state index in [1.54, 1.807) is 39.0 Å². The average molecular weight is 342 g/mol. The Morgan fingerprint density at radius 1 is 1.00 bits per heavy atom. The summed E-state index contributed by atoms with van der Waals surface area (Å²) in [4.78, 5) is 23.6. The Hall–Kier alpha value is -2.82. The van der Waals surface area contributed by atoms with Crippen LogP contribution in [0.5, 0.6) is 5.75 Å². The fraction of sp³-hybridized carbons (Fsp3) is 0.300. The number of esters is 2. The number of carbonyl (C=O) groups excluding carboxylic acids is 2. The van der Waals surface area contributed by atoms with Crippen molar-refractivity contribution in [2.45, 2.75) is 26.4 Å². The van der Waals surface area contributed by atoms with Crippen LogP contribution in [-0.4, -0.2) is 31.3 Å². The lowest BCUT2D eigenvalue weighted by Crippen LogP contribution is -2.39. The maximum atomic E-state index is 11.9. The molecule has 0 unspecified atom stereocenters. The third-order valence-electron chi connectivity index (χ3n) is 3.64. The molecule has 0 atom stereocenters. The Morgan fingerprint density at radius 3 is 2.24 bits per heavy atom. The van der Waals surface area contributed by atoms with Gasteiger partial charge in [0.25, 0.3) is 0 Å². The van der Waals surface area contributed by atoms with Crippen molar-refractivity contribution in [2.75, 3.05) is 13.7 Å². The van der Waals surface area contributed by atoms with Gasteiger partial charge in [0.2, 0.25) is 0 Å². The minimum absolute atomic E-state index is 0.333. The number of rotatable bonds is 6. The van der Waals surface area contributed by atoms with Crippen LogP contribution in [0.1, 0.15) is 31.1 Å². The number of ether oxygens (including phenoxy) is 3. The van der Waals surface area contributed by atoms with E-state index < -0.39 is 11.6 Å². The fourth-order valence-electron chi connectivity index (χ4n) is 2.36. The highest BCUT2D eigenvalue weighted by Gasteiger charge is 2.31. The van der Waals surface area contributed by atoms with Crippen LogP contribution in [0.15, 0.2) is 48.5 Å². The van der Waals surface area contributed by atoms with Gasteiger partial charge in [0.15, 0.2) is 5.60 Å². The molecule has 0 bridgehead atoms. The van der Waals surface area contributed by atoms with E-state index in [4.69, 9.17) is 14.2 Å². The summed E-state index contributed by atoms with van der Waals surface area (Å²) < 4.78 is 15.7. The SMILES string of the molecule is CCOC(=O)c1ccc(-c2ccccc2OC(C)(C)C(=O)OC)cc1. The first-order valence-electron chi connectivity index (χ1n) is 8.03. The van der Waals surface area contributed by atoms with E-state index >= 15 is 0 Å². The van der Waals surface area contributed by atoms with Crippen LogP contribution < -0.4 is 4.74 Å². The zero-order chi connectivity index (χ0) is 18.4. The first-order valence-corrected chi connectivity index (χ1v) is 8.03. The van der Waals surface area contributed by atoms with Gasteiger partial charge in [-0.1, -0.05) is 30.3 Å². The molecule has 0 saturated heterocycles. The van der Waals surface area contributed by atoms with Crippen molar-refractivity contribution in [1.29, 1.82) is 0 Å². The van der Waals surface area contributed by atoms with Crippen molar-refractivity contribution in [3.8, 4) is 16.9 Å². The molecule has 0 amide bonds. The lowest BCUT2D eigenvalue weighted by molar-refractivity contribution is -0.156. The molecule has 0 heterocycles. The minimum atomic E-state index is -1.12. The molecule has 5 nitrogen and oxygen atoms in total.